The van der Waals surface area contributed by atoms with Crippen molar-refractivity contribution in [2.75, 3.05) is 13.2 Å². The summed E-state index contributed by atoms with van der Waals surface area (Å²) in [6, 6.07) is -1.47. The van der Waals surface area contributed by atoms with Crippen LogP contribution in [-0.2, 0) is 4.79 Å². The molecule has 1 unspecified atom stereocenters. The van der Waals surface area contributed by atoms with E-state index in [1.54, 1.807) is 13.8 Å². The first-order valence-corrected chi connectivity index (χ1v) is 5.88. The van der Waals surface area contributed by atoms with Crippen LogP contribution in [0, 0.1) is 5.92 Å². The Bertz CT molecular complexity index is 293. The first-order valence-electron chi connectivity index (χ1n) is 5.88. The molecule has 1 aliphatic rings. The van der Waals surface area contributed by atoms with Crippen LogP contribution >= 0.6 is 0 Å². The number of carboxylic acids is 1. The van der Waals surface area contributed by atoms with Gasteiger partial charge in [0, 0.05) is 6.54 Å². The summed E-state index contributed by atoms with van der Waals surface area (Å²) in [4.78, 5) is 24.3. The Balaban J connectivity index is 2.61. The molecule has 0 aromatic rings. The van der Waals surface area contributed by atoms with Crippen molar-refractivity contribution in [2.24, 2.45) is 5.92 Å². The van der Waals surface area contributed by atoms with Crippen LogP contribution in [0.4, 0.5) is 4.79 Å². The second kappa shape index (κ2) is 5.86. The molecule has 1 heterocycles. The number of hydrogen-bond acceptors (Lipinski definition) is 3. The van der Waals surface area contributed by atoms with Crippen LogP contribution in [0.2, 0.25) is 0 Å². The van der Waals surface area contributed by atoms with E-state index in [0.29, 0.717) is 6.54 Å². The number of carbonyl (C=O) groups is 2. The lowest BCUT2D eigenvalue weighted by Gasteiger charge is -2.26. The molecular weight excluding hydrogens is 224 g/mol. The second-order valence-electron chi connectivity index (χ2n) is 4.68. The van der Waals surface area contributed by atoms with Gasteiger partial charge >= 0.3 is 12.0 Å². The van der Waals surface area contributed by atoms with Crippen LogP contribution in [0.15, 0.2) is 0 Å². The number of urea groups is 1. The number of amides is 2. The largest absolute Gasteiger partial charge is 0.480 e. The Morgan fingerprint density at radius 2 is 2.12 bits per heavy atom. The molecular formula is C11H20N2O4. The highest BCUT2D eigenvalue weighted by molar-refractivity contribution is 5.83. The van der Waals surface area contributed by atoms with E-state index in [9.17, 15) is 9.59 Å². The summed E-state index contributed by atoms with van der Waals surface area (Å²) in [7, 11) is 0. The van der Waals surface area contributed by atoms with Gasteiger partial charge in [0.25, 0.3) is 0 Å². The standard InChI is InChI=1S/C11H20N2O4/c1-7(2)9(10(15)16)12-11(17)13-5-3-4-8(13)6-14/h7-9,14H,3-6H2,1-2H3,(H,12,17)(H,15,16)/t8?,9-/m0/s1. The predicted molar refractivity (Wildman–Crippen MR) is 61.6 cm³/mol. The van der Waals surface area contributed by atoms with E-state index in [4.69, 9.17) is 10.2 Å². The van der Waals surface area contributed by atoms with E-state index in [2.05, 4.69) is 5.32 Å². The predicted octanol–water partition coefficient (Wildman–Crippen LogP) is 0.262. The van der Waals surface area contributed by atoms with Crippen molar-refractivity contribution in [3.63, 3.8) is 0 Å². The maximum Gasteiger partial charge on any atom is 0.326 e. The Labute approximate surface area is 101 Å². The number of carboxylic acid groups (broad SMARTS) is 1. The molecule has 0 radical (unpaired) electrons. The molecule has 0 aromatic heterocycles. The zero-order chi connectivity index (χ0) is 13.0. The summed E-state index contributed by atoms with van der Waals surface area (Å²) in [5.41, 5.74) is 0. The Morgan fingerprint density at radius 3 is 2.59 bits per heavy atom. The molecule has 0 aromatic carbocycles. The van der Waals surface area contributed by atoms with Crippen LogP contribution < -0.4 is 5.32 Å². The summed E-state index contributed by atoms with van der Waals surface area (Å²) in [6.07, 6.45) is 1.61. The molecule has 1 saturated heterocycles. The fourth-order valence-corrected chi connectivity index (χ4v) is 2.02. The van der Waals surface area contributed by atoms with Crippen molar-refractivity contribution in [1.29, 1.82) is 0 Å². The first kappa shape index (κ1) is 13.8. The van der Waals surface area contributed by atoms with Crippen molar-refractivity contribution < 1.29 is 19.8 Å². The minimum atomic E-state index is -1.03. The molecule has 6 heteroatoms. The third-order valence-electron chi connectivity index (χ3n) is 3.06. The molecule has 1 aliphatic heterocycles. The fraction of sp³-hybridized carbons (Fsp3) is 0.818. The van der Waals surface area contributed by atoms with Gasteiger partial charge in [-0.1, -0.05) is 13.8 Å². The highest BCUT2D eigenvalue weighted by atomic mass is 16.4. The van der Waals surface area contributed by atoms with Crippen LogP contribution in [-0.4, -0.2) is 52.3 Å². The van der Waals surface area contributed by atoms with E-state index < -0.39 is 18.0 Å². The zero-order valence-corrected chi connectivity index (χ0v) is 10.2. The molecule has 17 heavy (non-hydrogen) atoms. The lowest BCUT2D eigenvalue weighted by atomic mass is 10.1. The molecule has 1 rings (SSSR count). The van der Waals surface area contributed by atoms with E-state index in [1.165, 1.54) is 4.90 Å². The van der Waals surface area contributed by atoms with Gasteiger partial charge in [0.1, 0.15) is 6.04 Å². The van der Waals surface area contributed by atoms with Gasteiger partial charge in [0.2, 0.25) is 0 Å². The lowest BCUT2D eigenvalue weighted by Crippen LogP contribution is -2.51. The molecule has 6 nitrogen and oxygen atoms in total. The molecule has 98 valence electrons. The third kappa shape index (κ3) is 3.33. The summed E-state index contributed by atoms with van der Waals surface area (Å²) in [5, 5.41) is 20.6. The smallest absolute Gasteiger partial charge is 0.326 e. The third-order valence-corrected chi connectivity index (χ3v) is 3.06. The summed E-state index contributed by atoms with van der Waals surface area (Å²) in [5.74, 6) is -1.21. The highest BCUT2D eigenvalue weighted by Gasteiger charge is 2.31. The van der Waals surface area contributed by atoms with E-state index >= 15 is 0 Å². The van der Waals surface area contributed by atoms with Gasteiger partial charge in [-0.25, -0.2) is 9.59 Å². The van der Waals surface area contributed by atoms with Crippen molar-refractivity contribution >= 4 is 12.0 Å². The van der Waals surface area contributed by atoms with Gasteiger partial charge in [-0.15, -0.1) is 0 Å². The van der Waals surface area contributed by atoms with Gasteiger partial charge in [0.15, 0.2) is 0 Å². The zero-order valence-electron chi connectivity index (χ0n) is 10.2. The van der Waals surface area contributed by atoms with E-state index in [0.717, 1.165) is 12.8 Å². The van der Waals surface area contributed by atoms with Gasteiger partial charge < -0.3 is 20.4 Å². The van der Waals surface area contributed by atoms with E-state index in [-0.39, 0.29) is 18.6 Å². The van der Waals surface area contributed by atoms with Crippen molar-refractivity contribution in [1.82, 2.24) is 10.2 Å². The minimum Gasteiger partial charge on any atom is -0.480 e. The number of aliphatic carboxylic acids is 1. The SMILES string of the molecule is CC(C)[C@H](NC(=O)N1CCCC1CO)C(=O)O. The fourth-order valence-electron chi connectivity index (χ4n) is 2.02. The Kier molecular flexibility index (Phi) is 4.74. The van der Waals surface area contributed by atoms with Crippen LogP contribution in [0.5, 0.6) is 0 Å². The van der Waals surface area contributed by atoms with Crippen molar-refractivity contribution in [3.8, 4) is 0 Å². The number of nitrogens with one attached hydrogen (secondary N) is 1. The molecule has 0 bridgehead atoms. The Morgan fingerprint density at radius 1 is 1.47 bits per heavy atom. The average Bonchev–Trinajstić information content (AvgIpc) is 2.72. The summed E-state index contributed by atoms with van der Waals surface area (Å²) < 4.78 is 0. The number of carbonyl (C=O) groups excluding carboxylic acids is 1. The van der Waals surface area contributed by atoms with Gasteiger partial charge in [-0.05, 0) is 18.8 Å². The van der Waals surface area contributed by atoms with Crippen LogP contribution in [0.1, 0.15) is 26.7 Å². The molecule has 0 saturated carbocycles. The quantitative estimate of drug-likeness (QED) is 0.661. The van der Waals surface area contributed by atoms with Crippen molar-refractivity contribution in [3.05, 3.63) is 0 Å². The molecule has 0 spiro atoms. The average molecular weight is 244 g/mol. The number of aliphatic hydroxyl groups is 1. The monoisotopic (exact) mass is 244 g/mol. The molecule has 1 fully saturated rings. The normalized spacial score (nSPS) is 21.6. The number of rotatable bonds is 4. The van der Waals surface area contributed by atoms with Crippen LogP contribution in [0.3, 0.4) is 0 Å². The van der Waals surface area contributed by atoms with Gasteiger partial charge in [-0.2, -0.15) is 0 Å². The topological polar surface area (TPSA) is 89.9 Å². The molecule has 2 atom stereocenters. The number of aliphatic hydroxyl groups excluding tert-OH is 1. The number of hydrogen-bond donors (Lipinski definition) is 3. The highest BCUT2D eigenvalue weighted by Crippen LogP contribution is 2.17. The second-order valence-corrected chi connectivity index (χ2v) is 4.68. The molecule has 3 N–H and O–H groups in total. The molecule has 0 aliphatic carbocycles. The minimum absolute atomic E-state index is 0.0766. The van der Waals surface area contributed by atoms with Crippen LogP contribution in [0.25, 0.3) is 0 Å². The lowest BCUT2D eigenvalue weighted by molar-refractivity contribution is -0.140. The number of likely N-dealkylation sites (tertiary alicyclic amines) is 1. The Hall–Kier alpha value is -1.30. The summed E-state index contributed by atoms with van der Waals surface area (Å²) in [6.45, 7) is 3.98. The van der Waals surface area contributed by atoms with Gasteiger partial charge in [0.05, 0.1) is 12.6 Å². The summed E-state index contributed by atoms with van der Waals surface area (Å²) >= 11 is 0. The van der Waals surface area contributed by atoms with E-state index in [1.807, 2.05) is 0 Å². The maximum absolute atomic E-state index is 11.9. The van der Waals surface area contributed by atoms with Crippen molar-refractivity contribution in [2.45, 2.75) is 38.8 Å². The first-order chi connectivity index (χ1) is 7.97. The number of nitrogens with zero attached hydrogens (tertiary/aromatic N) is 1. The molecule has 2 amide bonds. The van der Waals surface area contributed by atoms with Gasteiger partial charge in [-0.3, -0.25) is 0 Å². The maximum atomic E-state index is 11.9.